The minimum atomic E-state index is -0.132. The van der Waals surface area contributed by atoms with Crippen molar-refractivity contribution in [3.63, 3.8) is 0 Å². The van der Waals surface area contributed by atoms with E-state index in [9.17, 15) is 0 Å². The van der Waals surface area contributed by atoms with Gasteiger partial charge in [0.15, 0.2) is 6.29 Å². The van der Waals surface area contributed by atoms with Gasteiger partial charge >= 0.3 is 0 Å². The molecule has 3 aliphatic rings. The first-order valence-electron chi connectivity index (χ1n) is 17.7. The molecule has 0 aromatic carbocycles. The molecule has 0 radical (unpaired) electrons. The smallest absolute Gasteiger partial charge is 0.160 e. The largest absolute Gasteiger partial charge is 0.352 e. The van der Waals surface area contributed by atoms with Crippen LogP contribution in [-0.2, 0) is 19.1 Å². The van der Waals surface area contributed by atoms with Gasteiger partial charge in [-0.2, -0.15) is 10.1 Å². The van der Waals surface area contributed by atoms with E-state index in [1.807, 2.05) is 0 Å². The summed E-state index contributed by atoms with van der Waals surface area (Å²) in [6.45, 7) is 31.4. The summed E-state index contributed by atoms with van der Waals surface area (Å²) in [7, 11) is 0. The Morgan fingerprint density at radius 3 is 1.40 bits per heavy atom. The number of hydroxylamine groups is 4. The van der Waals surface area contributed by atoms with E-state index in [0.29, 0.717) is 29.6 Å². The Bertz CT molecular complexity index is 742. The summed E-state index contributed by atoms with van der Waals surface area (Å²) in [6, 6.07) is 0. The Kier molecular flexibility index (Phi) is 12.9. The van der Waals surface area contributed by atoms with Crippen molar-refractivity contribution in [1.82, 2.24) is 10.1 Å². The predicted octanol–water partition coefficient (Wildman–Crippen LogP) is 9.03. The maximum atomic E-state index is 6.69. The Morgan fingerprint density at radius 2 is 1.00 bits per heavy atom. The van der Waals surface area contributed by atoms with Crippen molar-refractivity contribution in [3.8, 4) is 0 Å². The minimum absolute atomic E-state index is 0.0114. The van der Waals surface area contributed by atoms with Crippen LogP contribution >= 0.6 is 0 Å². The zero-order chi connectivity index (χ0) is 31.3. The Labute approximate surface area is 260 Å². The zero-order valence-electron chi connectivity index (χ0n) is 29.9. The van der Waals surface area contributed by atoms with Crippen molar-refractivity contribution in [1.29, 1.82) is 0 Å². The summed E-state index contributed by atoms with van der Waals surface area (Å²) in [5.41, 5.74) is -0.180. The third kappa shape index (κ3) is 8.12. The third-order valence-corrected chi connectivity index (χ3v) is 11.3. The summed E-state index contributed by atoms with van der Waals surface area (Å²) in [6.07, 6.45) is 11.3. The monoisotopic (exact) mass is 595 g/mol. The zero-order valence-corrected chi connectivity index (χ0v) is 29.9. The van der Waals surface area contributed by atoms with Gasteiger partial charge in [-0.05, 0) is 97.8 Å². The van der Waals surface area contributed by atoms with E-state index >= 15 is 0 Å². The molecule has 248 valence electrons. The lowest BCUT2D eigenvalue weighted by Gasteiger charge is -2.59. The number of hydrogen-bond donors (Lipinski definition) is 0. The van der Waals surface area contributed by atoms with Crippen LogP contribution in [0.5, 0.6) is 0 Å². The van der Waals surface area contributed by atoms with Crippen molar-refractivity contribution in [2.75, 3.05) is 26.4 Å². The van der Waals surface area contributed by atoms with Crippen LogP contribution in [0, 0.1) is 29.6 Å². The molecule has 4 unspecified atom stereocenters. The first-order chi connectivity index (χ1) is 19.6. The van der Waals surface area contributed by atoms with Crippen molar-refractivity contribution in [2.45, 2.75) is 176 Å². The maximum Gasteiger partial charge on any atom is 0.160 e. The van der Waals surface area contributed by atoms with Gasteiger partial charge in [-0.25, -0.2) is 0 Å². The lowest BCUT2D eigenvalue weighted by Crippen LogP contribution is -2.66. The van der Waals surface area contributed by atoms with E-state index in [4.69, 9.17) is 19.1 Å². The molecule has 3 fully saturated rings. The van der Waals surface area contributed by atoms with Crippen LogP contribution in [-0.4, -0.2) is 65.0 Å². The molecule has 0 N–H and O–H groups in total. The topological polar surface area (TPSA) is 43.4 Å². The summed E-state index contributed by atoms with van der Waals surface area (Å²) >= 11 is 0. The highest BCUT2D eigenvalue weighted by Crippen LogP contribution is 2.50. The molecule has 0 spiro atoms. The lowest BCUT2D eigenvalue weighted by atomic mass is 9.66. The first kappa shape index (κ1) is 36.2. The summed E-state index contributed by atoms with van der Waals surface area (Å²) in [4.78, 5) is 13.1. The summed E-state index contributed by atoms with van der Waals surface area (Å²) in [5.74, 6) is 2.30. The van der Waals surface area contributed by atoms with E-state index < -0.39 is 0 Å². The van der Waals surface area contributed by atoms with Crippen molar-refractivity contribution in [3.05, 3.63) is 0 Å². The van der Waals surface area contributed by atoms with Crippen LogP contribution in [0.25, 0.3) is 0 Å². The molecule has 0 saturated carbocycles. The molecule has 0 amide bonds. The summed E-state index contributed by atoms with van der Waals surface area (Å²) in [5, 5.41) is 4.74. The van der Waals surface area contributed by atoms with Crippen LogP contribution in [0.4, 0.5) is 0 Å². The van der Waals surface area contributed by atoms with Crippen LogP contribution in [0.3, 0.4) is 0 Å². The molecule has 42 heavy (non-hydrogen) atoms. The van der Waals surface area contributed by atoms with Crippen molar-refractivity contribution < 1.29 is 19.1 Å². The highest BCUT2D eigenvalue weighted by atomic mass is 16.7. The molecule has 3 saturated heterocycles. The second kappa shape index (κ2) is 14.9. The molecular weight excluding hydrogens is 524 g/mol. The quantitative estimate of drug-likeness (QED) is 0.187. The van der Waals surface area contributed by atoms with Crippen molar-refractivity contribution in [2.24, 2.45) is 29.6 Å². The second-order valence-corrected chi connectivity index (χ2v) is 16.4. The normalized spacial score (nSPS) is 36.1. The van der Waals surface area contributed by atoms with Gasteiger partial charge in [-0.3, -0.25) is 9.68 Å². The molecule has 0 aromatic heterocycles. The fourth-order valence-corrected chi connectivity index (χ4v) is 8.41. The fourth-order valence-electron chi connectivity index (χ4n) is 8.41. The number of piperidine rings is 2. The minimum Gasteiger partial charge on any atom is -0.352 e. The predicted molar refractivity (Wildman–Crippen MR) is 174 cm³/mol. The number of rotatable bonds is 14. The molecule has 3 heterocycles. The number of ether oxygens (including phenoxy) is 2. The highest BCUT2D eigenvalue weighted by Gasteiger charge is 2.55. The van der Waals surface area contributed by atoms with E-state index in [2.05, 4.69) is 93.2 Å². The van der Waals surface area contributed by atoms with Gasteiger partial charge in [0.25, 0.3) is 0 Å². The van der Waals surface area contributed by atoms with E-state index in [1.54, 1.807) is 0 Å². The number of hydrogen-bond acceptors (Lipinski definition) is 6. The van der Waals surface area contributed by atoms with Crippen LogP contribution in [0.2, 0.25) is 0 Å². The highest BCUT2D eigenvalue weighted by molar-refractivity contribution is 5.04. The Hall–Kier alpha value is -0.240. The van der Waals surface area contributed by atoms with Gasteiger partial charge in [0.05, 0.1) is 26.4 Å². The van der Waals surface area contributed by atoms with Gasteiger partial charge in [-0.15, -0.1) is 0 Å². The maximum absolute atomic E-state index is 6.69. The van der Waals surface area contributed by atoms with Crippen LogP contribution in [0.1, 0.15) is 147 Å². The third-order valence-electron chi connectivity index (χ3n) is 11.3. The first-order valence-corrected chi connectivity index (χ1v) is 17.7. The van der Waals surface area contributed by atoms with Crippen LogP contribution < -0.4 is 0 Å². The van der Waals surface area contributed by atoms with E-state index in [-0.39, 0.29) is 28.4 Å². The number of unbranched alkanes of at least 4 members (excludes halogenated alkanes) is 4. The van der Waals surface area contributed by atoms with Gasteiger partial charge in [0, 0.05) is 34.0 Å². The number of nitrogens with zero attached hydrogens (tertiary/aromatic N) is 2. The van der Waals surface area contributed by atoms with Gasteiger partial charge in [-0.1, -0.05) is 67.2 Å². The molecular formula is C36H70N2O4. The molecule has 6 heteroatoms. The van der Waals surface area contributed by atoms with Crippen LogP contribution in [0.15, 0.2) is 0 Å². The standard InChI is InChI=1S/C36H70N2O4/c1-13-15-17-19-41-37-33(7,8)21-29(23-35(37,11)27(3)4)31-25-39-32(40-26-31)30-22-34(9,10)38(42-20-18-16-14-2)36(12,24-30)28(5)6/h27-32H,13-26H2,1-12H3. The second-order valence-electron chi connectivity index (χ2n) is 16.4. The molecule has 6 nitrogen and oxygen atoms in total. The molecule has 0 bridgehead atoms. The average Bonchev–Trinajstić information content (AvgIpc) is 2.90. The molecule has 3 rings (SSSR count). The Balaban J connectivity index is 1.66. The Morgan fingerprint density at radius 1 is 0.595 bits per heavy atom. The molecule has 0 aliphatic carbocycles. The lowest BCUT2D eigenvalue weighted by molar-refractivity contribution is -0.327. The molecule has 0 aromatic rings. The van der Waals surface area contributed by atoms with Gasteiger partial charge < -0.3 is 9.47 Å². The fraction of sp³-hybridized carbons (Fsp3) is 1.00. The summed E-state index contributed by atoms with van der Waals surface area (Å²) < 4.78 is 13.4. The molecule has 3 aliphatic heterocycles. The van der Waals surface area contributed by atoms with E-state index in [0.717, 1.165) is 65.0 Å². The van der Waals surface area contributed by atoms with E-state index in [1.165, 1.54) is 25.7 Å². The van der Waals surface area contributed by atoms with Crippen molar-refractivity contribution >= 4 is 0 Å². The van der Waals surface area contributed by atoms with Gasteiger partial charge in [0.2, 0.25) is 0 Å². The van der Waals surface area contributed by atoms with Gasteiger partial charge in [0.1, 0.15) is 0 Å². The molecule has 4 atom stereocenters. The SMILES string of the molecule is CCCCCON1C(C)(C)CC(C2COC(C3CC(C)(C)N(OCCCCC)C(C)(C(C)C)C3)OC2)CC1(C)C(C)C. The average molecular weight is 595 g/mol.